The van der Waals surface area contributed by atoms with Gasteiger partial charge in [0.1, 0.15) is 0 Å². The quantitative estimate of drug-likeness (QED) is 0.595. The van der Waals surface area contributed by atoms with Crippen molar-refractivity contribution >= 4 is 34.5 Å². The molecule has 2 amide bonds. The van der Waals surface area contributed by atoms with Crippen LogP contribution in [-0.4, -0.2) is 11.8 Å². The van der Waals surface area contributed by atoms with Crippen molar-refractivity contribution in [2.75, 3.05) is 0 Å². The number of hydrogen-bond donors (Lipinski definition) is 2. The van der Waals surface area contributed by atoms with Crippen molar-refractivity contribution in [1.82, 2.24) is 10.6 Å². The fraction of sp³-hybridized carbons (Fsp3) is 0.304. The zero-order valence-corrected chi connectivity index (χ0v) is 18.0. The highest BCUT2D eigenvalue weighted by atomic mass is 32.1. The molecule has 2 N–H and O–H groups in total. The largest absolute Gasteiger partial charge is 0.351 e. The van der Waals surface area contributed by atoms with Gasteiger partial charge in [0.15, 0.2) is 0 Å². The molecule has 150 valence electrons. The van der Waals surface area contributed by atoms with Crippen molar-refractivity contribution in [3.8, 4) is 0 Å². The third kappa shape index (κ3) is 4.77. The van der Waals surface area contributed by atoms with Crippen LogP contribution in [-0.2, 0) is 24.2 Å². The Labute approximate surface area is 179 Å². The van der Waals surface area contributed by atoms with Gasteiger partial charge < -0.3 is 10.6 Å². The van der Waals surface area contributed by atoms with Gasteiger partial charge in [-0.05, 0) is 66.0 Å². The monoisotopic (exact) mass is 424 g/mol. The Kier molecular flexibility index (Phi) is 6.11. The third-order valence-corrected chi connectivity index (χ3v) is 7.23. The molecule has 4 nitrogen and oxygen atoms in total. The van der Waals surface area contributed by atoms with Crippen molar-refractivity contribution in [1.29, 1.82) is 0 Å². The molecule has 0 fully saturated rings. The second kappa shape index (κ2) is 8.93. The average molecular weight is 425 g/mol. The minimum atomic E-state index is -0.157. The number of hydrogen-bond acceptors (Lipinski definition) is 4. The normalized spacial score (nSPS) is 14.1. The first-order chi connectivity index (χ1) is 14.1. The molecule has 0 saturated carbocycles. The lowest BCUT2D eigenvalue weighted by molar-refractivity contribution is -0.119. The molecule has 0 radical (unpaired) electrons. The summed E-state index contributed by atoms with van der Waals surface area (Å²) in [5, 5.41) is 8.05. The van der Waals surface area contributed by atoms with Crippen LogP contribution < -0.4 is 10.6 Å². The molecule has 6 heteroatoms. The molecule has 1 atom stereocenters. The van der Waals surface area contributed by atoms with E-state index in [0.29, 0.717) is 11.4 Å². The van der Waals surface area contributed by atoms with Gasteiger partial charge in [0.2, 0.25) is 5.91 Å². The Balaban J connectivity index is 1.55. The predicted molar refractivity (Wildman–Crippen MR) is 119 cm³/mol. The smallest absolute Gasteiger partial charge is 0.262 e. The van der Waals surface area contributed by atoms with Gasteiger partial charge in [-0.25, -0.2) is 0 Å². The van der Waals surface area contributed by atoms with Crippen LogP contribution in [0.3, 0.4) is 0 Å². The topological polar surface area (TPSA) is 58.2 Å². The van der Waals surface area contributed by atoms with Crippen LogP contribution >= 0.6 is 22.7 Å². The summed E-state index contributed by atoms with van der Waals surface area (Å²) < 4.78 is 0. The van der Waals surface area contributed by atoms with Crippen molar-refractivity contribution in [3.63, 3.8) is 0 Å². The van der Waals surface area contributed by atoms with E-state index in [2.05, 4.69) is 34.9 Å². The Hall–Kier alpha value is -2.44. The third-order valence-electron chi connectivity index (χ3n) is 5.21. The molecule has 0 spiro atoms. The summed E-state index contributed by atoms with van der Waals surface area (Å²) in [4.78, 5) is 26.8. The van der Waals surface area contributed by atoms with Gasteiger partial charge >= 0.3 is 0 Å². The van der Waals surface area contributed by atoms with Gasteiger partial charge in [-0.1, -0.05) is 24.3 Å². The molecule has 2 heterocycles. The van der Waals surface area contributed by atoms with Crippen molar-refractivity contribution in [2.45, 2.75) is 45.2 Å². The van der Waals surface area contributed by atoms with Crippen LogP contribution in [0.15, 0.2) is 47.8 Å². The van der Waals surface area contributed by atoms with E-state index in [1.165, 1.54) is 42.2 Å². The van der Waals surface area contributed by atoms with Gasteiger partial charge in [-0.15, -0.1) is 22.7 Å². The molecule has 4 rings (SSSR count). The molecule has 1 unspecified atom stereocenters. The molecule has 1 aliphatic rings. The minimum Gasteiger partial charge on any atom is -0.351 e. The zero-order valence-electron chi connectivity index (χ0n) is 16.4. The highest BCUT2D eigenvalue weighted by Gasteiger charge is 2.21. The number of rotatable bonds is 6. The Morgan fingerprint density at radius 2 is 1.90 bits per heavy atom. The molecule has 1 aliphatic carbocycles. The van der Waals surface area contributed by atoms with Crippen LogP contribution in [0.2, 0.25) is 0 Å². The Bertz CT molecular complexity index is 1010. The molecular weight excluding hydrogens is 400 g/mol. The molecule has 0 aliphatic heterocycles. The molecule has 1 aromatic carbocycles. The zero-order chi connectivity index (χ0) is 20.2. The summed E-state index contributed by atoms with van der Waals surface area (Å²) in [7, 11) is 0. The van der Waals surface area contributed by atoms with E-state index in [1.54, 1.807) is 11.3 Å². The lowest BCUT2D eigenvalue weighted by Crippen LogP contribution is -2.28. The van der Waals surface area contributed by atoms with Crippen LogP contribution in [0.5, 0.6) is 0 Å². The van der Waals surface area contributed by atoms with Crippen molar-refractivity contribution < 1.29 is 9.59 Å². The molecule has 2 aromatic heterocycles. The lowest BCUT2D eigenvalue weighted by atomic mass is 9.89. The summed E-state index contributed by atoms with van der Waals surface area (Å²) in [6, 6.07) is 14.3. The number of benzene rings is 1. The minimum absolute atomic E-state index is 0.0745. The standard InChI is InChI=1S/C23H24N2O2S2/c1-15(26)24-14-19-10-11-21(29-19)23(27)25-22(20-7-4-12-28-20)18-9-8-16-5-2-3-6-17(16)13-18/h4,7-13,22H,2-3,5-6,14H2,1H3,(H,24,26)(H,25,27). The highest BCUT2D eigenvalue weighted by Crippen LogP contribution is 2.31. The maximum Gasteiger partial charge on any atom is 0.262 e. The number of amides is 2. The second-order valence-corrected chi connectivity index (χ2v) is 9.48. The number of nitrogens with one attached hydrogen (secondary N) is 2. The summed E-state index contributed by atoms with van der Waals surface area (Å²) in [5.74, 6) is -0.158. The average Bonchev–Trinajstić information content (AvgIpc) is 3.42. The number of fused-ring (bicyclic) bond motifs is 1. The lowest BCUT2D eigenvalue weighted by Gasteiger charge is -2.22. The first-order valence-electron chi connectivity index (χ1n) is 9.89. The van der Waals surface area contributed by atoms with Crippen LogP contribution in [0, 0.1) is 0 Å². The van der Waals surface area contributed by atoms with Crippen LogP contribution in [0.25, 0.3) is 0 Å². The first-order valence-corrected chi connectivity index (χ1v) is 11.6. The van der Waals surface area contributed by atoms with Gasteiger partial charge in [-0.3, -0.25) is 9.59 Å². The van der Waals surface area contributed by atoms with E-state index >= 15 is 0 Å². The van der Waals surface area contributed by atoms with Gasteiger partial charge in [0.05, 0.1) is 17.5 Å². The number of carbonyl (C=O) groups excluding carboxylic acids is 2. The van der Waals surface area contributed by atoms with Gasteiger partial charge in [-0.2, -0.15) is 0 Å². The summed E-state index contributed by atoms with van der Waals surface area (Å²) >= 11 is 3.08. The van der Waals surface area contributed by atoms with Crippen LogP contribution in [0.4, 0.5) is 0 Å². The number of carbonyl (C=O) groups is 2. The Morgan fingerprint density at radius 1 is 1.07 bits per heavy atom. The van der Waals surface area contributed by atoms with Gasteiger partial charge in [0.25, 0.3) is 5.91 Å². The molecular formula is C23H24N2O2S2. The van der Waals surface area contributed by atoms with E-state index in [1.807, 2.05) is 23.6 Å². The number of aryl methyl sites for hydroxylation is 2. The predicted octanol–water partition coefficient (Wildman–Crippen LogP) is 4.84. The first kappa shape index (κ1) is 19.9. The van der Waals surface area contributed by atoms with E-state index in [-0.39, 0.29) is 17.9 Å². The van der Waals surface area contributed by atoms with Crippen molar-refractivity contribution in [3.05, 3.63) is 79.2 Å². The molecule has 0 bridgehead atoms. The molecule has 3 aromatic rings. The van der Waals surface area contributed by atoms with Crippen molar-refractivity contribution in [2.24, 2.45) is 0 Å². The second-order valence-electron chi connectivity index (χ2n) is 7.33. The number of thiophene rings is 2. The fourth-order valence-corrected chi connectivity index (χ4v) is 5.37. The molecule has 29 heavy (non-hydrogen) atoms. The summed E-state index contributed by atoms with van der Waals surface area (Å²) in [5.41, 5.74) is 3.99. The van der Waals surface area contributed by atoms with Crippen LogP contribution in [0.1, 0.15) is 61.9 Å². The van der Waals surface area contributed by atoms with E-state index < -0.39 is 0 Å². The highest BCUT2D eigenvalue weighted by molar-refractivity contribution is 7.14. The molecule has 0 saturated heterocycles. The maximum absolute atomic E-state index is 13.0. The van der Waals surface area contributed by atoms with E-state index in [0.717, 1.165) is 28.2 Å². The SMILES string of the molecule is CC(=O)NCc1ccc(C(=O)NC(c2ccc3c(c2)CCCC3)c2cccs2)s1. The summed E-state index contributed by atoms with van der Waals surface area (Å²) in [6.07, 6.45) is 4.76. The fourth-order valence-electron chi connectivity index (χ4n) is 3.72. The van der Waals surface area contributed by atoms with E-state index in [4.69, 9.17) is 0 Å². The maximum atomic E-state index is 13.0. The summed E-state index contributed by atoms with van der Waals surface area (Å²) in [6.45, 7) is 1.94. The van der Waals surface area contributed by atoms with E-state index in [9.17, 15) is 9.59 Å². The van der Waals surface area contributed by atoms with Gasteiger partial charge in [0, 0.05) is 16.7 Å². The Morgan fingerprint density at radius 3 is 2.66 bits per heavy atom.